The normalized spacial score (nSPS) is 20.4. The van der Waals surface area contributed by atoms with Gasteiger partial charge in [0, 0.05) is 32.1 Å². The second-order valence-electron chi connectivity index (χ2n) is 7.70. The highest BCUT2D eigenvalue weighted by atomic mass is 16.6. The zero-order valence-electron chi connectivity index (χ0n) is 15.8. The largest absolute Gasteiger partial charge is 0.486 e. The van der Waals surface area contributed by atoms with Gasteiger partial charge in [-0.1, -0.05) is 18.9 Å². The molecule has 1 saturated heterocycles. The minimum Gasteiger partial charge on any atom is -0.486 e. The third kappa shape index (κ3) is 4.20. The zero-order chi connectivity index (χ0) is 18.6. The summed E-state index contributed by atoms with van der Waals surface area (Å²) in [7, 11) is 0. The fourth-order valence-electron chi connectivity index (χ4n) is 4.30. The Labute approximate surface area is 160 Å². The van der Waals surface area contributed by atoms with Gasteiger partial charge in [0.2, 0.25) is 11.8 Å². The number of carbonyl (C=O) groups excluding carboxylic acids is 2. The molecule has 0 radical (unpaired) electrons. The fourth-order valence-corrected chi connectivity index (χ4v) is 4.30. The van der Waals surface area contributed by atoms with Crippen LogP contribution in [0.25, 0.3) is 0 Å². The van der Waals surface area contributed by atoms with Crippen molar-refractivity contribution in [1.29, 1.82) is 0 Å². The lowest BCUT2D eigenvalue weighted by molar-refractivity contribution is -0.136. The van der Waals surface area contributed by atoms with E-state index in [0.29, 0.717) is 38.6 Å². The van der Waals surface area contributed by atoms with Crippen molar-refractivity contribution in [2.24, 2.45) is 5.92 Å². The third-order valence-electron chi connectivity index (χ3n) is 5.83. The van der Waals surface area contributed by atoms with Crippen LogP contribution in [0.3, 0.4) is 0 Å². The number of benzene rings is 1. The number of hydrogen-bond donors (Lipinski definition) is 0. The average molecular weight is 372 g/mol. The first-order valence-electron chi connectivity index (χ1n) is 10.2. The first-order chi connectivity index (χ1) is 13.2. The van der Waals surface area contributed by atoms with Crippen molar-refractivity contribution >= 4 is 11.8 Å². The van der Waals surface area contributed by atoms with E-state index in [9.17, 15) is 9.59 Å². The van der Waals surface area contributed by atoms with Crippen LogP contribution in [0, 0.1) is 5.92 Å². The number of amides is 2. The third-order valence-corrected chi connectivity index (χ3v) is 5.83. The Morgan fingerprint density at radius 1 is 0.889 bits per heavy atom. The van der Waals surface area contributed by atoms with Gasteiger partial charge in [0.15, 0.2) is 11.5 Å². The Kier molecular flexibility index (Phi) is 5.50. The van der Waals surface area contributed by atoms with E-state index in [2.05, 4.69) is 0 Å². The molecule has 1 aromatic carbocycles. The molecule has 6 nitrogen and oxygen atoms in total. The molecule has 0 atom stereocenters. The molecule has 27 heavy (non-hydrogen) atoms. The molecular weight excluding hydrogens is 344 g/mol. The average Bonchev–Trinajstić information content (AvgIpc) is 3.11. The van der Waals surface area contributed by atoms with E-state index in [0.717, 1.165) is 49.4 Å². The van der Waals surface area contributed by atoms with Gasteiger partial charge in [0.1, 0.15) is 13.2 Å². The van der Waals surface area contributed by atoms with Crippen LogP contribution < -0.4 is 9.47 Å². The van der Waals surface area contributed by atoms with Crippen molar-refractivity contribution in [2.75, 3.05) is 39.4 Å². The summed E-state index contributed by atoms with van der Waals surface area (Å²) in [5.41, 5.74) is 0.937. The number of ether oxygens (including phenoxy) is 2. The van der Waals surface area contributed by atoms with E-state index in [1.165, 1.54) is 12.8 Å². The summed E-state index contributed by atoms with van der Waals surface area (Å²) in [4.78, 5) is 29.3. The predicted molar refractivity (Wildman–Crippen MR) is 101 cm³/mol. The molecule has 2 aliphatic heterocycles. The van der Waals surface area contributed by atoms with Crippen molar-refractivity contribution in [3.63, 3.8) is 0 Å². The zero-order valence-corrected chi connectivity index (χ0v) is 15.8. The first kappa shape index (κ1) is 18.1. The van der Waals surface area contributed by atoms with Crippen LogP contribution in [0.2, 0.25) is 0 Å². The minimum absolute atomic E-state index is 0.113. The van der Waals surface area contributed by atoms with Gasteiger partial charge in [-0.3, -0.25) is 9.59 Å². The van der Waals surface area contributed by atoms with Crippen molar-refractivity contribution < 1.29 is 19.1 Å². The number of carbonyl (C=O) groups is 2. The highest BCUT2D eigenvalue weighted by Crippen LogP contribution is 2.31. The highest BCUT2D eigenvalue weighted by Gasteiger charge is 2.29. The van der Waals surface area contributed by atoms with E-state index in [1.807, 2.05) is 28.0 Å². The Hall–Kier alpha value is -2.24. The minimum atomic E-state index is 0.113. The van der Waals surface area contributed by atoms with Gasteiger partial charge >= 0.3 is 0 Å². The van der Waals surface area contributed by atoms with E-state index in [-0.39, 0.29) is 11.8 Å². The van der Waals surface area contributed by atoms with Gasteiger partial charge in [0.25, 0.3) is 0 Å². The second-order valence-corrected chi connectivity index (χ2v) is 7.70. The van der Waals surface area contributed by atoms with Crippen LogP contribution in [-0.2, 0) is 16.0 Å². The lowest BCUT2D eigenvalue weighted by Crippen LogP contribution is -2.39. The lowest BCUT2D eigenvalue weighted by Gasteiger charge is -2.24. The van der Waals surface area contributed by atoms with E-state index in [1.54, 1.807) is 0 Å². The topological polar surface area (TPSA) is 59.1 Å². The second kappa shape index (κ2) is 8.19. The van der Waals surface area contributed by atoms with Crippen LogP contribution in [-0.4, -0.2) is 61.0 Å². The molecule has 3 aliphatic rings. The first-order valence-corrected chi connectivity index (χ1v) is 10.2. The molecule has 146 valence electrons. The Morgan fingerprint density at radius 3 is 2.41 bits per heavy atom. The van der Waals surface area contributed by atoms with Gasteiger partial charge in [0.05, 0.1) is 6.42 Å². The quantitative estimate of drug-likeness (QED) is 0.817. The number of fused-ring (bicyclic) bond motifs is 1. The molecule has 0 aromatic heterocycles. The lowest BCUT2D eigenvalue weighted by atomic mass is 10.1. The van der Waals surface area contributed by atoms with Crippen LogP contribution >= 0.6 is 0 Å². The van der Waals surface area contributed by atoms with Crippen LogP contribution in [0.4, 0.5) is 0 Å². The predicted octanol–water partition coefficient (Wildman–Crippen LogP) is 2.25. The number of hydrogen-bond acceptors (Lipinski definition) is 4. The maximum Gasteiger partial charge on any atom is 0.227 e. The van der Waals surface area contributed by atoms with Gasteiger partial charge in [-0.25, -0.2) is 0 Å². The molecule has 0 N–H and O–H groups in total. The summed E-state index contributed by atoms with van der Waals surface area (Å²) >= 11 is 0. The molecule has 0 unspecified atom stereocenters. The van der Waals surface area contributed by atoms with Crippen molar-refractivity contribution in [3.8, 4) is 11.5 Å². The van der Waals surface area contributed by atoms with Crippen molar-refractivity contribution in [2.45, 2.75) is 38.5 Å². The standard InChI is InChI=1S/C21H28N2O4/c24-20(15-16-6-7-18-19(14-16)27-13-12-26-18)22-8-3-9-23(11-10-22)21(25)17-4-1-2-5-17/h6-7,14,17H,1-5,8-13,15H2. The highest BCUT2D eigenvalue weighted by molar-refractivity contribution is 5.80. The SMILES string of the molecule is O=C(Cc1ccc2c(c1)OCCO2)N1CCCN(C(=O)C2CCCC2)CC1. The monoisotopic (exact) mass is 372 g/mol. The number of rotatable bonds is 3. The van der Waals surface area contributed by atoms with E-state index >= 15 is 0 Å². The van der Waals surface area contributed by atoms with E-state index < -0.39 is 0 Å². The molecule has 2 amide bonds. The van der Waals surface area contributed by atoms with Gasteiger partial charge in [-0.15, -0.1) is 0 Å². The molecule has 0 spiro atoms. The smallest absolute Gasteiger partial charge is 0.227 e. The Morgan fingerprint density at radius 2 is 1.59 bits per heavy atom. The molecule has 2 fully saturated rings. The summed E-state index contributed by atoms with van der Waals surface area (Å²) < 4.78 is 11.1. The summed E-state index contributed by atoms with van der Waals surface area (Å²) in [6.45, 7) is 3.88. The summed E-state index contributed by atoms with van der Waals surface area (Å²) in [6.07, 6.45) is 5.61. The molecule has 2 heterocycles. The fraction of sp³-hybridized carbons (Fsp3) is 0.619. The summed E-state index contributed by atoms with van der Waals surface area (Å²) in [5, 5.41) is 0. The molecule has 1 aliphatic carbocycles. The maximum absolute atomic E-state index is 12.8. The summed E-state index contributed by atoms with van der Waals surface area (Å²) in [6, 6.07) is 5.71. The molecule has 4 rings (SSSR count). The van der Waals surface area contributed by atoms with Gasteiger partial charge in [-0.2, -0.15) is 0 Å². The number of nitrogens with zero attached hydrogens (tertiary/aromatic N) is 2. The van der Waals surface area contributed by atoms with Gasteiger partial charge in [-0.05, 0) is 37.0 Å². The molecule has 6 heteroatoms. The van der Waals surface area contributed by atoms with Crippen LogP contribution in [0.5, 0.6) is 11.5 Å². The van der Waals surface area contributed by atoms with Crippen LogP contribution in [0.1, 0.15) is 37.7 Å². The Bertz CT molecular complexity index is 699. The van der Waals surface area contributed by atoms with Crippen LogP contribution in [0.15, 0.2) is 18.2 Å². The van der Waals surface area contributed by atoms with Crippen molar-refractivity contribution in [1.82, 2.24) is 9.80 Å². The summed E-state index contributed by atoms with van der Waals surface area (Å²) in [5.74, 6) is 2.09. The molecular formula is C21H28N2O4. The van der Waals surface area contributed by atoms with E-state index in [4.69, 9.17) is 9.47 Å². The molecule has 1 aromatic rings. The van der Waals surface area contributed by atoms with Gasteiger partial charge < -0.3 is 19.3 Å². The molecule has 1 saturated carbocycles. The molecule has 0 bridgehead atoms. The maximum atomic E-state index is 12.8. The van der Waals surface area contributed by atoms with Crippen molar-refractivity contribution in [3.05, 3.63) is 23.8 Å². The Balaban J connectivity index is 1.33.